The van der Waals surface area contributed by atoms with E-state index in [1.165, 1.54) is 16.7 Å². The maximum Gasteiger partial charge on any atom is 0.161 e. The third kappa shape index (κ3) is 4.05. The van der Waals surface area contributed by atoms with Gasteiger partial charge in [0, 0.05) is 12.6 Å². The van der Waals surface area contributed by atoms with Gasteiger partial charge < -0.3 is 19.0 Å². The number of hydrogen-bond acceptors (Lipinski definition) is 5. The number of nitrogens with zero attached hydrogens (tertiary/aromatic N) is 1. The van der Waals surface area contributed by atoms with Crippen LogP contribution in [0, 0.1) is 0 Å². The number of para-hydroxylation sites is 2. The highest BCUT2D eigenvalue weighted by molar-refractivity contribution is 5.52. The van der Waals surface area contributed by atoms with Crippen molar-refractivity contribution in [1.29, 1.82) is 0 Å². The molecule has 5 nitrogen and oxygen atoms in total. The number of ether oxygens (including phenoxy) is 3. The van der Waals surface area contributed by atoms with E-state index in [0.29, 0.717) is 25.7 Å². The summed E-state index contributed by atoms with van der Waals surface area (Å²) < 4.78 is 17.0. The van der Waals surface area contributed by atoms with E-state index >= 15 is 0 Å². The van der Waals surface area contributed by atoms with Crippen LogP contribution in [0.25, 0.3) is 0 Å². The van der Waals surface area contributed by atoms with Gasteiger partial charge in [-0.3, -0.25) is 4.90 Å². The summed E-state index contributed by atoms with van der Waals surface area (Å²) in [5, 5.41) is 0. The SMILES string of the molecule is COc1ccccc1OCC1CC(c2ccc3c(c2)CCOC3)CN1CC=O. The van der Waals surface area contributed by atoms with Crippen LogP contribution >= 0.6 is 0 Å². The third-order valence-electron chi connectivity index (χ3n) is 5.81. The fraction of sp³-hybridized carbons (Fsp3) is 0.435. The predicted octanol–water partition coefficient (Wildman–Crippen LogP) is 3.20. The lowest BCUT2D eigenvalue weighted by Gasteiger charge is -2.22. The number of hydrogen-bond donors (Lipinski definition) is 0. The second kappa shape index (κ2) is 8.76. The number of carbonyl (C=O) groups is 1. The Hall–Kier alpha value is -2.37. The molecule has 0 radical (unpaired) electrons. The molecular formula is C23H27NO4. The molecule has 2 aliphatic rings. The molecule has 0 amide bonds. The zero-order chi connectivity index (χ0) is 19.3. The van der Waals surface area contributed by atoms with Gasteiger partial charge in [-0.1, -0.05) is 30.3 Å². The van der Waals surface area contributed by atoms with Gasteiger partial charge in [0.25, 0.3) is 0 Å². The average molecular weight is 381 g/mol. The predicted molar refractivity (Wildman–Crippen MR) is 107 cm³/mol. The Morgan fingerprint density at radius 2 is 2.04 bits per heavy atom. The minimum atomic E-state index is 0.208. The van der Waals surface area contributed by atoms with E-state index in [1.54, 1.807) is 7.11 Å². The number of aldehydes is 1. The highest BCUT2D eigenvalue weighted by atomic mass is 16.5. The first-order valence-electron chi connectivity index (χ1n) is 9.91. The lowest BCUT2D eigenvalue weighted by Crippen LogP contribution is -2.35. The quantitative estimate of drug-likeness (QED) is 0.690. The lowest BCUT2D eigenvalue weighted by molar-refractivity contribution is -0.109. The Bertz CT molecular complexity index is 822. The van der Waals surface area contributed by atoms with Gasteiger partial charge in [0.05, 0.1) is 26.9 Å². The standard InChI is InChI=1S/C23H27NO4/c1-26-22-4-2-3-5-23(22)28-16-21-13-20(14-24(21)9-10-25)17-6-7-19-15-27-11-8-18(19)12-17/h2-7,10,12,20-21H,8-9,11,13-16H2,1H3. The van der Waals surface area contributed by atoms with Crippen molar-refractivity contribution in [2.45, 2.75) is 31.4 Å². The highest BCUT2D eigenvalue weighted by Gasteiger charge is 2.33. The maximum atomic E-state index is 11.2. The molecular weight excluding hydrogens is 354 g/mol. The largest absolute Gasteiger partial charge is 0.493 e. The zero-order valence-corrected chi connectivity index (χ0v) is 16.3. The summed E-state index contributed by atoms with van der Waals surface area (Å²) in [7, 11) is 1.65. The van der Waals surface area contributed by atoms with E-state index in [1.807, 2.05) is 24.3 Å². The van der Waals surface area contributed by atoms with Gasteiger partial charge in [-0.15, -0.1) is 0 Å². The summed E-state index contributed by atoms with van der Waals surface area (Å²) in [5.74, 6) is 1.89. The lowest BCUT2D eigenvalue weighted by atomic mass is 9.91. The van der Waals surface area contributed by atoms with Crippen molar-refractivity contribution >= 4 is 6.29 Å². The van der Waals surface area contributed by atoms with E-state index in [2.05, 4.69) is 23.1 Å². The smallest absolute Gasteiger partial charge is 0.161 e. The molecule has 0 bridgehead atoms. The van der Waals surface area contributed by atoms with Crippen LogP contribution in [0.4, 0.5) is 0 Å². The van der Waals surface area contributed by atoms with E-state index in [4.69, 9.17) is 14.2 Å². The fourth-order valence-electron chi connectivity index (χ4n) is 4.28. The van der Waals surface area contributed by atoms with Gasteiger partial charge in [-0.05, 0) is 47.6 Å². The van der Waals surface area contributed by atoms with Crippen molar-refractivity contribution in [2.24, 2.45) is 0 Å². The fourth-order valence-corrected chi connectivity index (χ4v) is 4.28. The average Bonchev–Trinajstić information content (AvgIpc) is 3.15. The van der Waals surface area contributed by atoms with Crippen LogP contribution in [0.5, 0.6) is 11.5 Å². The van der Waals surface area contributed by atoms with E-state index in [9.17, 15) is 4.79 Å². The molecule has 0 N–H and O–H groups in total. The van der Waals surface area contributed by atoms with Crippen LogP contribution in [0.15, 0.2) is 42.5 Å². The zero-order valence-electron chi connectivity index (χ0n) is 16.3. The Balaban J connectivity index is 1.46. The highest BCUT2D eigenvalue weighted by Crippen LogP contribution is 2.34. The van der Waals surface area contributed by atoms with Crippen LogP contribution in [0.1, 0.15) is 29.0 Å². The van der Waals surface area contributed by atoms with Crippen LogP contribution in [0.2, 0.25) is 0 Å². The molecule has 0 aromatic heterocycles. The molecule has 0 saturated carbocycles. The molecule has 2 heterocycles. The monoisotopic (exact) mass is 381 g/mol. The van der Waals surface area contributed by atoms with Gasteiger partial charge in [-0.2, -0.15) is 0 Å². The van der Waals surface area contributed by atoms with Crippen molar-refractivity contribution in [3.63, 3.8) is 0 Å². The first-order valence-corrected chi connectivity index (χ1v) is 9.91. The first kappa shape index (κ1) is 19.0. The van der Waals surface area contributed by atoms with Gasteiger partial charge in [0.1, 0.15) is 12.9 Å². The van der Waals surface area contributed by atoms with Gasteiger partial charge in [-0.25, -0.2) is 0 Å². The summed E-state index contributed by atoms with van der Waals surface area (Å²) in [6.45, 7) is 3.38. The maximum absolute atomic E-state index is 11.2. The molecule has 2 atom stereocenters. The molecule has 2 aromatic carbocycles. The summed E-state index contributed by atoms with van der Waals surface area (Å²) in [6.07, 6.45) is 2.95. The number of likely N-dealkylation sites (tertiary alicyclic amines) is 1. The molecule has 2 aromatic rings. The molecule has 5 heteroatoms. The molecule has 2 unspecified atom stereocenters. The number of rotatable bonds is 7. The second-order valence-corrected chi connectivity index (χ2v) is 7.50. The van der Waals surface area contributed by atoms with Gasteiger partial charge in [0.15, 0.2) is 11.5 Å². The Labute approximate surface area is 166 Å². The molecule has 2 aliphatic heterocycles. The first-order chi connectivity index (χ1) is 13.8. The van der Waals surface area contributed by atoms with Crippen molar-refractivity contribution in [3.8, 4) is 11.5 Å². The Kier molecular flexibility index (Phi) is 5.93. The summed E-state index contributed by atoms with van der Waals surface area (Å²) in [4.78, 5) is 13.4. The van der Waals surface area contributed by atoms with E-state index in [-0.39, 0.29) is 6.04 Å². The van der Waals surface area contributed by atoms with Crippen molar-refractivity contribution < 1.29 is 19.0 Å². The number of benzene rings is 2. The second-order valence-electron chi connectivity index (χ2n) is 7.50. The third-order valence-corrected chi connectivity index (χ3v) is 5.81. The number of carbonyl (C=O) groups excluding carboxylic acids is 1. The van der Waals surface area contributed by atoms with Gasteiger partial charge in [0.2, 0.25) is 0 Å². The van der Waals surface area contributed by atoms with Crippen LogP contribution in [-0.4, -0.2) is 50.6 Å². The number of methoxy groups -OCH3 is 1. The van der Waals surface area contributed by atoms with Gasteiger partial charge >= 0.3 is 0 Å². The van der Waals surface area contributed by atoms with E-state index < -0.39 is 0 Å². The van der Waals surface area contributed by atoms with E-state index in [0.717, 1.165) is 43.8 Å². The molecule has 4 rings (SSSR count). The Morgan fingerprint density at radius 3 is 2.86 bits per heavy atom. The van der Waals surface area contributed by atoms with Crippen LogP contribution in [-0.2, 0) is 22.6 Å². The number of fused-ring (bicyclic) bond motifs is 1. The van der Waals surface area contributed by atoms with Crippen molar-refractivity contribution in [2.75, 3.05) is 33.4 Å². The van der Waals surface area contributed by atoms with Crippen molar-refractivity contribution in [1.82, 2.24) is 4.90 Å². The minimum absolute atomic E-state index is 0.208. The van der Waals surface area contributed by atoms with Crippen LogP contribution < -0.4 is 9.47 Å². The van der Waals surface area contributed by atoms with Crippen molar-refractivity contribution in [3.05, 3.63) is 59.2 Å². The normalized spacial score (nSPS) is 21.9. The summed E-state index contributed by atoms with van der Waals surface area (Å²) in [6, 6.07) is 14.7. The topological polar surface area (TPSA) is 48.0 Å². The summed E-state index contributed by atoms with van der Waals surface area (Å²) in [5.41, 5.74) is 4.06. The molecule has 1 saturated heterocycles. The minimum Gasteiger partial charge on any atom is -0.493 e. The molecule has 148 valence electrons. The molecule has 28 heavy (non-hydrogen) atoms. The molecule has 0 aliphatic carbocycles. The van der Waals surface area contributed by atoms with Crippen LogP contribution in [0.3, 0.4) is 0 Å². The molecule has 1 fully saturated rings. The Morgan fingerprint density at radius 1 is 1.18 bits per heavy atom. The molecule has 0 spiro atoms. The summed E-state index contributed by atoms with van der Waals surface area (Å²) >= 11 is 0.